The Bertz CT molecular complexity index is 450. The van der Waals surface area contributed by atoms with Crippen molar-refractivity contribution in [3.05, 3.63) is 33.3 Å². The highest BCUT2D eigenvalue weighted by atomic mass is 35.5. The lowest BCUT2D eigenvalue weighted by Gasteiger charge is -2.11. The van der Waals surface area contributed by atoms with E-state index < -0.39 is 16.9 Å². The van der Waals surface area contributed by atoms with Crippen LogP contribution in [-0.4, -0.2) is 24.0 Å². The molecule has 1 rings (SSSR count). The van der Waals surface area contributed by atoms with Crippen molar-refractivity contribution in [2.75, 3.05) is 12.4 Å². The van der Waals surface area contributed by atoms with Crippen LogP contribution in [0.25, 0.3) is 0 Å². The zero-order valence-corrected chi connectivity index (χ0v) is 10.0. The molecule has 0 aliphatic heterocycles. The van der Waals surface area contributed by atoms with E-state index in [0.717, 1.165) is 0 Å². The first-order chi connectivity index (χ1) is 7.97. The van der Waals surface area contributed by atoms with Crippen LogP contribution in [0.15, 0.2) is 18.2 Å². The highest BCUT2D eigenvalue weighted by molar-refractivity contribution is 6.35. The van der Waals surface area contributed by atoms with Crippen LogP contribution in [-0.2, 0) is 9.53 Å². The summed E-state index contributed by atoms with van der Waals surface area (Å²) in [6.07, 6.45) is -0.662. The first-order valence-corrected chi connectivity index (χ1v) is 5.11. The number of rotatable bonds is 4. The molecule has 1 N–H and O–H groups in total. The number of benzene rings is 1. The number of nitro benzene ring substituents is 1. The normalized spacial score (nSPS) is 11.9. The molecule has 0 bridgehead atoms. The SMILES string of the molecule is COC(C)C(=O)Nc1cccc([N+](=O)[O-])c1Cl. The number of ether oxygens (including phenoxy) is 1. The van der Waals surface area contributed by atoms with Gasteiger partial charge in [0.25, 0.3) is 11.6 Å². The van der Waals surface area contributed by atoms with Crippen LogP contribution >= 0.6 is 11.6 Å². The van der Waals surface area contributed by atoms with Crippen LogP contribution in [0.2, 0.25) is 5.02 Å². The van der Waals surface area contributed by atoms with Crippen LogP contribution in [0.5, 0.6) is 0 Å². The number of hydrogen-bond acceptors (Lipinski definition) is 4. The molecule has 1 unspecified atom stereocenters. The second kappa shape index (κ2) is 5.60. The first kappa shape index (κ1) is 13.4. The lowest BCUT2D eigenvalue weighted by molar-refractivity contribution is -0.384. The number of nitrogens with zero attached hydrogens (tertiary/aromatic N) is 1. The lowest BCUT2D eigenvalue weighted by Crippen LogP contribution is -2.26. The topological polar surface area (TPSA) is 81.5 Å². The number of anilines is 1. The quantitative estimate of drug-likeness (QED) is 0.663. The van der Waals surface area contributed by atoms with Crippen LogP contribution in [0.4, 0.5) is 11.4 Å². The fourth-order valence-corrected chi connectivity index (χ4v) is 1.34. The van der Waals surface area contributed by atoms with Crippen LogP contribution in [0.1, 0.15) is 6.92 Å². The van der Waals surface area contributed by atoms with Crippen molar-refractivity contribution in [1.29, 1.82) is 0 Å². The summed E-state index contributed by atoms with van der Waals surface area (Å²) in [4.78, 5) is 21.5. The molecule has 0 aliphatic carbocycles. The number of carbonyl (C=O) groups excluding carboxylic acids is 1. The van der Waals surface area contributed by atoms with Crippen molar-refractivity contribution in [3.8, 4) is 0 Å². The molecule has 1 atom stereocenters. The third-order valence-electron chi connectivity index (χ3n) is 2.16. The Hall–Kier alpha value is -1.66. The van der Waals surface area contributed by atoms with Gasteiger partial charge < -0.3 is 10.1 Å². The maximum atomic E-state index is 11.5. The number of halogens is 1. The van der Waals surface area contributed by atoms with E-state index >= 15 is 0 Å². The summed E-state index contributed by atoms with van der Waals surface area (Å²) in [5, 5.41) is 13.0. The van der Waals surface area contributed by atoms with Gasteiger partial charge in [-0.2, -0.15) is 0 Å². The van der Waals surface area contributed by atoms with Gasteiger partial charge in [0.2, 0.25) is 0 Å². The smallest absolute Gasteiger partial charge is 0.290 e. The third kappa shape index (κ3) is 3.15. The van der Waals surface area contributed by atoms with Gasteiger partial charge in [-0.05, 0) is 13.0 Å². The fourth-order valence-electron chi connectivity index (χ4n) is 1.10. The molecule has 1 aromatic rings. The summed E-state index contributed by atoms with van der Waals surface area (Å²) >= 11 is 5.80. The Morgan fingerprint density at radius 3 is 2.76 bits per heavy atom. The van der Waals surface area contributed by atoms with E-state index in [9.17, 15) is 14.9 Å². The Kier molecular flexibility index (Phi) is 4.42. The standard InChI is InChI=1S/C10H11ClN2O4/c1-6(17-2)10(14)12-7-4-3-5-8(9(7)11)13(15)16/h3-6H,1-2H3,(H,12,14). The largest absolute Gasteiger partial charge is 0.372 e. The molecular weight excluding hydrogens is 248 g/mol. The average molecular weight is 259 g/mol. The van der Waals surface area contributed by atoms with Gasteiger partial charge in [0, 0.05) is 13.2 Å². The number of methoxy groups -OCH3 is 1. The van der Waals surface area contributed by atoms with Gasteiger partial charge in [-0.15, -0.1) is 0 Å². The molecule has 0 heterocycles. The summed E-state index contributed by atoms with van der Waals surface area (Å²) in [6.45, 7) is 1.56. The van der Waals surface area contributed by atoms with Crippen molar-refractivity contribution in [1.82, 2.24) is 0 Å². The minimum Gasteiger partial charge on any atom is -0.372 e. The van der Waals surface area contributed by atoms with Crippen molar-refractivity contribution in [2.24, 2.45) is 0 Å². The third-order valence-corrected chi connectivity index (χ3v) is 2.55. The second-order valence-corrected chi connectivity index (χ2v) is 3.64. The van der Waals surface area contributed by atoms with Crippen molar-refractivity contribution in [3.63, 3.8) is 0 Å². The van der Waals surface area contributed by atoms with E-state index in [2.05, 4.69) is 5.32 Å². The molecule has 0 aromatic heterocycles. The molecule has 17 heavy (non-hydrogen) atoms. The molecule has 0 saturated heterocycles. The Balaban J connectivity index is 2.96. The van der Waals surface area contributed by atoms with E-state index in [0.29, 0.717) is 0 Å². The minimum atomic E-state index is -0.662. The highest BCUT2D eigenvalue weighted by Gasteiger charge is 2.18. The average Bonchev–Trinajstić information content (AvgIpc) is 2.30. The molecule has 0 saturated carbocycles. The maximum Gasteiger partial charge on any atom is 0.290 e. The van der Waals surface area contributed by atoms with Gasteiger partial charge in [-0.3, -0.25) is 14.9 Å². The van der Waals surface area contributed by atoms with Crippen LogP contribution in [0.3, 0.4) is 0 Å². The van der Waals surface area contributed by atoms with Crippen molar-refractivity contribution < 1.29 is 14.5 Å². The van der Waals surface area contributed by atoms with Gasteiger partial charge in [0.1, 0.15) is 11.1 Å². The molecule has 1 amide bonds. The van der Waals surface area contributed by atoms with Gasteiger partial charge in [-0.25, -0.2) is 0 Å². The van der Waals surface area contributed by atoms with Gasteiger partial charge in [0.15, 0.2) is 0 Å². The monoisotopic (exact) mass is 258 g/mol. The maximum absolute atomic E-state index is 11.5. The van der Waals surface area contributed by atoms with E-state index in [1.54, 1.807) is 6.92 Å². The number of carbonyl (C=O) groups is 1. The van der Waals surface area contributed by atoms with E-state index in [-0.39, 0.29) is 16.4 Å². The van der Waals surface area contributed by atoms with Crippen molar-refractivity contribution in [2.45, 2.75) is 13.0 Å². The molecule has 1 aromatic carbocycles. The Labute approximate surface area is 103 Å². The Morgan fingerprint density at radius 1 is 1.59 bits per heavy atom. The van der Waals surface area contributed by atoms with Crippen LogP contribution in [0, 0.1) is 10.1 Å². The molecule has 7 heteroatoms. The summed E-state index contributed by atoms with van der Waals surface area (Å²) < 4.78 is 4.81. The van der Waals surface area contributed by atoms with E-state index in [1.165, 1.54) is 25.3 Å². The summed E-state index contributed by atoms with van der Waals surface area (Å²) in [5.74, 6) is -0.421. The summed E-state index contributed by atoms with van der Waals surface area (Å²) in [7, 11) is 1.39. The molecule has 0 spiro atoms. The molecule has 6 nitrogen and oxygen atoms in total. The number of hydrogen-bond donors (Lipinski definition) is 1. The van der Waals surface area contributed by atoms with Gasteiger partial charge >= 0.3 is 0 Å². The zero-order valence-electron chi connectivity index (χ0n) is 9.27. The molecule has 92 valence electrons. The predicted octanol–water partition coefficient (Wildman–Crippen LogP) is 2.22. The molecule has 0 radical (unpaired) electrons. The molecular formula is C10H11ClN2O4. The summed E-state index contributed by atoms with van der Waals surface area (Å²) in [5.41, 5.74) is -0.0655. The Morgan fingerprint density at radius 2 is 2.24 bits per heavy atom. The number of nitrogens with one attached hydrogen (secondary N) is 1. The zero-order chi connectivity index (χ0) is 13.0. The first-order valence-electron chi connectivity index (χ1n) is 4.74. The fraction of sp³-hybridized carbons (Fsp3) is 0.300. The van der Waals surface area contributed by atoms with Gasteiger partial charge in [-0.1, -0.05) is 17.7 Å². The van der Waals surface area contributed by atoms with E-state index in [1.807, 2.05) is 0 Å². The van der Waals surface area contributed by atoms with E-state index in [4.69, 9.17) is 16.3 Å². The van der Waals surface area contributed by atoms with Crippen LogP contribution < -0.4 is 5.32 Å². The number of nitro groups is 1. The predicted molar refractivity (Wildman–Crippen MR) is 63.2 cm³/mol. The van der Waals surface area contributed by atoms with Crippen molar-refractivity contribution >= 4 is 28.9 Å². The molecule has 0 aliphatic rings. The highest BCUT2D eigenvalue weighted by Crippen LogP contribution is 2.31. The summed E-state index contributed by atoms with van der Waals surface area (Å²) in [6, 6.07) is 4.18. The number of amides is 1. The second-order valence-electron chi connectivity index (χ2n) is 3.26. The van der Waals surface area contributed by atoms with Gasteiger partial charge in [0.05, 0.1) is 10.6 Å². The lowest BCUT2D eigenvalue weighted by atomic mass is 10.2. The molecule has 0 fully saturated rings. The minimum absolute atomic E-state index is 0.103.